The molecule has 0 N–H and O–H groups in total. The fourth-order valence-electron chi connectivity index (χ4n) is 1.13. The number of hydrogen-bond acceptors (Lipinski definition) is 5. The Bertz CT molecular complexity index is 603. The summed E-state index contributed by atoms with van der Waals surface area (Å²) >= 11 is 0. The molecule has 0 saturated heterocycles. The zero-order chi connectivity index (χ0) is 14.0. The number of hydrogen-bond donors (Lipinski definition) is 0. The first-order chi connectivity index (χ1) is 8.13. The van der Waals surface area contributed by atoms with E-state index >= 15 is 0 Å². The van der Waals surface area contributed by atoms with Crippen LogP contribution < -0.4 is 4.74 Å². The first kappa shape index (κ1) is 14.2. The third kappa shape index (κ3) is 3.86. The minimum atomic E-state index is -4.94. The van der Waals surface area contributed by atoms with Gasteiger partial charge in [-0.25, -0.2) is 13.2 Å². The minimum Gasteiger partial charge on any atom is -0.406 e. The predicted octanol–water partition coefficient (Wildman–Crippen LogP) is 1.96. The van der Waals surface area contributed by atoms with Crippen molar-refractivity contribution in [3.8, 4) is 5.75 Å². The van der Waals surface area contributed by atoms with Gasteiger partial charge in [0.05, 0.1) is 10.6 Å². The highest BCUT2D eigenvalue weighted by molar-refractivity contribution is 7.90. The van der Waals surface area contributed by atoms with Crippen LogP contribution in [0.15, 0.2) is 28.1 Å². The van der Waals surface area contributed by atoms with Gasteiger partial charge in [-0.15, -0.1) is 13.2 Å². The number of benzene rings is 1. The van der Waals surface area contributed by atoms with Crippen LogP contribution in [0, 0.1) is 0 Å². The van der Waals surface area contributed by atoms with Crippen LogP contribution in [-0.4, -0.2) is 27.1 Å². The zero-order valence-electron chi connectivity index (χ0n) is 8.85. The number of alkyl halides is 3. The normalized spacial score (nSPS) is 11.8. The van der Waals surface area contributed by atoms with Gasteiger partial charge in [0.15, 0.2) is 9.84 Å². The van der Waals surface area contributed by atoms with Crippen LogP contribution in [0.5, 0.6) is 5.75 Å². The number of carbonyl (C=O) groups excluding carboxylic acids is 1. The molecule has 18 heavy (non-hydrogen) atoms. The molecule has 0 fully saturated rings. The first-order valence-corrected chi connectivity index (χ1v) is 6.20. The molecule has 0 aliphatic heterocycles. The quantitative estimate of drug-likeness (QED) is 0.627. The lowest BCUT2D eigenvalue weighted by molar-refractivity contribution is -0.274. The molecular formula is C9H6F3NO4S. The van der Waals surface area contributed by atoms with Gasteiger partial charge in [0, 0.05) is 12.3 Å². The van der Waals surface area contributed by atoms with E-state index in [1.807, 2.05) is 0 Å². The Kier molecular flexibility index (Phi) is 3.78. The van der Waals surface area contributed by atoms with E-state index in [0.717, 1.165) is 24.5 Å². The van der Waals surface area contributed by atoms with Crippen molar-refractivity contribution < 1.29 is 31.1 Å². The van der Waals surface area contributed by atoms with Gasteiger partial charge in [-0.05, 0) is 12.1 Å². The topological polar surface area (TPSA) is 72.8 Å². The van der Waals surface area contributed by atoms with E-state index in [4.69, 9.17) is 0 Å². The van der Waals surface area contributed by atoms with Crippen molar-refractivity contribution in [1.82, 2.24) is 0 Å². The summed E-state index contributed by atoms with van der Waals surface area (Å²) in [7, 11) is -3.85. The molecule has 0 amide bonds. The molecule has 5 nitrogen and oxygen atoms in total. The summed E-state index contributed by atoms with van der Waals surface area (Å²) in [5, 5.41) is 0. The molecule has 9 heteroatoms. The molecule has 98 valence electrons. The summed E-state index contributed by atoms with van der Waals surface area (Å²) in [6.45, 7) is 0. The van der Waals surface area contributed by atoms with E-state index in [1.165, 1.54) is 0 Å². The fraction of sp³-hybridized carbons (Fsp3) is 0.222. The smallest absolute Gasteiger partial charge is 0.406 e. The van der Waals surface area contributed by atoms with Gasteiger partial charge in [0.25, 0.3) is 0 Å². The van der Waals surface area contributed by atoms with Crippen LogP contribution in [0.1, 0.15) is 0 Å². The Balaban J connectivity index is 3.35. The number of aliphatic imine (C=N–C) groups is 1. The molecule has 0 atom stereocenters. The van der Waals surface area contributed by atoms with Crippen molar-refractivity contribution >= 4 is 21.6 Å². The minimum absolute atomic E-state index is 0.304. The Morgan fingerprint density at radius 1 is 1.33 bits per heavy atom. The Morgan fingerprint density at radius 3 is 2.39 bits per heavy atom. The van der Waals surface area contributed by atoms with Crippen molar-refractivity contribution in [3.05, 3.63) is 18.2 Å². The lowest BCUT2D eigenvalue weighted by Gasteiger charge is -2.10. The van der Waals surface area contributed by atoms with Gasteiger partial charge in [-0.1, -0.05) is 0 Å². The fourth-order valence-corrected chi connectivity index (χ4v) is 1.95. The highest BCUT2D eigenvalue weighted by Crippen LogP contribution is 2.31. The Labute approximate surface area is 99.8 Å². The van der Waals surface area contributed by atoms with Gasteiger partial charge >= 0.3 is 6.36 Å². The van der Waals surface area contributed by atoms with Crippen LogP contribution in [-0.2, 0) is 14.6 Å². The molecular weight excluding hydrogens is 275 g/mol. The van der Waals surface area contributed by atoms with Gasteiger partial charge in [0.2, 0.25) is 6.08 Å². The summed E-state index contributed by atoms with van der Waals surface area (Å²) in [4.78, 5) is 12.6. The van der Waals surface area contributed by atoms with E-state index in [-0.39, 0.29) is 5.69 Å². The summed E-state index contributed by atoms with van der Waals surface area (Å²) in [5.74, 6) is -0.715. The first-order valence-electron chi connectivity index (χ1n) is 4.31. The summed E-state index contributed by atoms with van der Waals surface area (Å²) in [5.41, 5.74) is -0.304. The van der Waals surface area contributed by atoms with Crippen molar-refractivity contribution in [2.45, 2.75) is 11.3 Å². The van der Waals surface area contributed by atoms with Crippen LogP contribution in [0.3, 0.4) is 0 Å². The summed E-state index contributed by atoms with van der Waals surface area (Å²) in [6, 6.07) is 2.40. The second-order valence-electron chi connectivity index (χ2n) is 3.15. The molecule has 0 aromatic heterocycles. The average Bonchev–Trinajstić information content (AvgIpc) is 2.16. The van der Waals surface area contributed by atoms with Crippen LogP contribution in [0.4, 0.5) is 18.9 Å². The number of sulfone groups is 1. The number of isocyanates is 1. The van der Waals surface area contributed by atoms with Gasteiger partial charge in [-0.2, -0.15) is 4.99 Å². The maximum absolute atomic E-state index is 12.0. The summed E-state index contributed by atoms with van der Waals surface area (Å²) in [6.07, 6.45) is -3.06. The van der Waals surface area contributed by atoms with Crippen molar-refractivity contribution in [2.75, 3.05) is 6.26 Å². The van der Waals surface area contributed by atoms with Gasteiger partial charge in [-0.3, -0.25) is 0 Å². The molecule has 0 radical (unpaired) electrons. The molecule has 1 rings (SSSR count). The average molecular weight is 281 g/mol. The predicted molar refractivity (Wildman–Crippen MR) is 54.0 cm³/mol. The molecule has 1 aromatic carbocycles. The van der Waals surface area contributed by atoms with Gasteiger partial charge in [0.1, 0.15) is 5.75 Å². The summed E-state index contributed by atoms with van der Waals surface area (Å²) < 4.78 is 62.1. The second-order valence-corrected chi connectivity index (χ2v) is 5.14. The molecule has 0 unspecified atom stereocenters. The largest absolute Gasteiger partial charge is 0.573 e. The van der Waals surface area contributed by atoms with Gasteiger partial charge < -0.3 is 4.74 Å². The number of ether oxygens (including phenoxy) is 1. The SMILES string of the molecule is CS(=O)(=O)c1cc(OC(F)(F)F)ccc1N=C=O. The highest BCUT2D eigenvalue weighted by atomic mass is 32.2. The van der Waals surface area contributed by atoms with Crippen molar-refractivity contribution in [1.29, 1.82) is 0 Å². The number of nitrogens with zero attached hydrogens (tertiary/aromatic N) is 1. The Morgan fingerprint density at radius 2 is 1.94 bits per heavy atom. The lowest BCUT2D eigenvalue weighted by atomic mass is 10.3. The number of halogens is 3. The maximum Gasteiger partial charge on any atom is 0.573 e. The van der Waals surface area contributed by atoms with E-state index in [1.54, 1.807) is 0 Å². The van der Waals surface area contributed by atoms with E-state index in [0.29, 0.717) is 6.07 Å². The molecule has 0 heterocycles. The van der Waals surface area contributed by atoms with Crippen molar-refractivity contribution in [2.24, 2.45) is 4.99 Å². The van der Waals surface area contributed by atoms with E-state index < -0.39 is 26.8 Å². The van der Waals surface area contributed by atoms with Crippen LogP contribution >= 0.6 is 0 Å². The van der Waals surface area contributed by atoms with E-state index in [2.05, 4.69) is 9.73 Å². The third-order valence-corrected chi connectivity index (χ3v) is 2.86. The Hall–Kier alpha value is -1.86. The lowest BCUT2D eigenvalue weighted by Crippen LogP contribution is -2.17. The standard InChI is InChI=1S/C9H6F3NO4S/c1-18(15,16)8-4-6(17-9(10,11)12)2-3-7(8)13-5-14/h2-4H,1H3. The molecule has 0 saturated carbocycles. The number of rotatable bonds is 3. The van der Waals surface area contributed by atoms with Crippen LogP contribution in [0.2, 0.25) is 0 Å². The highest BCUT2D eigenvalue weighted by Gasteiger charge is 2.31. The van der Waals surface area contributed by atoms with E-state index in [9.17, 15) is 26.4 Å². The second kappa shape index (κ2) is 4.79. The monoisotopic (exact) mass is 281 g/mol. The van der Waals surface area contributed by atoms with Crippen molar-refractivity contribution in [3.63, 3.8) is 0 Å². The molecule has 0 aliphatic rings. The molecule has 0 bridgehead atoms. The molecule has 0 aliphatic carbocycles. The zero-order valence-corrected chi connectivity index (χ0v) is 9.67. The molecule has 0 spiro atoms. The van der Waals surface area contributed by atoms with Crippen LogP contribution in [0.25, 0.3) is 0 Å². The molecule has 1 aromatic rings. The maximum atomic E-state index is 12.0. The third-order valence-electron chi connectivity index (χ3n) is 1.73.